The molecule has 2 rings (SSSR count). The van der Waals surface area contributed by atoms with E-state index in [1.54, 1.807) is 18.3 Å². The quantitative estimate of drug-likeness (QED) is 0.895. The van der Waals surface area contributed by atoms with Crippen molar-refractivity contribution in [2.45, 2.75) is 19.9 Å². The van der Waals surface area contributed by atoms with Crippen LogP contribution in [-0.2, 0) is 17.8 Å². The third-order valence-electron chi connectivity index (χ3n) is 2.54. The molecule has 2 heterocycles. The predicted molar refractivity (Wildman–Crippen MR) is 75.0 cm³/mol. The molecule has 19 heavy (non-hydrogen) atoms. The summed E-state index contributed by atoms with van der Waals surface area (Å²) >= 11 is 3.26. The van der Waals surface area contributed by atoms with E-state index >= 15 is 0 Å². The molecule has 2 aromatic heterocycles. The molecule has 0 saturated carbocycles. The highest BCUT2D eigenvalue weighted by Crippen LogP contribution is 2.07. The summed E-state index contributed by atoms with van der Waals surface area (Å²) in [5.41, 5.74) is 0.713. The molecule has 0 aliphatic carbocycles. The lowest BCUT2D eigenvalue weighted by atomic mass is 10.3. The van der Waals surface area contributed by atoms with Gasteiger partial charge < -0.3 is 9.88 Å². The Morgan fingerprint density at radius 1 is 1.53 bits per heavy atom. The maximum absolute atomic E-state index is 11.8. The second-order valence-corrected chi connectivity index (χ2v) is 4.91. The first-order valence-electron chi connectivity index (χ1n) is 5.78. The number of pyridine rings is 1. The summed E-state index contributed by atoms with van der Waals surface area (Å²) in [6.07, 6.45) is 2.39. The lowest BCUT2D eigenvalue weighted by molar-refractivity contribution is -0.116. The molecular weight excluding hydrogens is 312 g/mol. The van der Waals surface area contributed by atoms with Crippen LogP contribution in [-0.4, -0.2) is 20.7 Å². The first-order valence-corrected chi connectivity index (χ1v) is 6.58. The van der Waals surface area contributed by atoms with Crippen LogP contribution < -0.4 is 10.9 Å². The zero-order valence-electron chi connectivity index (χ0n) is 10.3. The van der Waals surface area contributed by atoms with Gasteiger partial charge in [0.2, 0.25) is 5.91 Å². The highest BCUT2D eigenvalue weighted by molar-refractivity contribution is 9.10. The third kappa shape index (κ3) is 3.54. The summed E-state index contributed by atoms with van der Waals surface area (Å²) in [5, 5.41) is 9.39. The molecule has 0 aliphatic heterocycles. The van der Waals surface area contributed by atoms with Gasteiger partial charge in [-0.2, -0.15) is 5.10 Å². The van der Waals surface area contributed by atoms with E-state index in [1.165, 1.54) is 10.6 Å². The summed E-state index contributed by atoms with van der Waals surface area (Å²) in [6.45, 7) is 1.94. The van der Waals surface area contributed by atoms with Crippen molar-refractivity contribution >= 4 is 27.7 Å². The van der Waals surface area contributed by atoms with E-state index in [4.69, 9.17) is 0 Å². The van der Waals surface area contributed by atoms with Gasteiger partial charge in [-0.15, -0.1) is 0 Å². The van der Waals surface area contributed by atoms with Crippen molar-refractivity contribution in [1.82, 2.24) is 14.8 Å². The number of hydrogen-bond acceptors (Lipinski definition) is 3. The van der Waals surface area contributed by atoms with E-state index in [2.05, 4.69) is 31.4 Å². The van der Waals surface area contributed by atoms with Crippen molar-refractivity contribution in [2.75, 3.05) is 5.32 Å². The molecule has 0 unspecified atom stereocenters. The lowest BCUT2D eigenvalue weighted by Crippen LogP contribution is -2.26. The van der Waals surface area contributed by atoms with Crippen LogP contribution in [0, 0.1) is 0 Å². The number of nitrogens with zero attached hydrogens (tertiary/aromatic N) is 2. The number of aromatic nitrogens is 3. The Hall–Kier alpha value is -1.89. The van der Waals surface area contributed by atoms with E-state index in [1.807, 2.05) is 6.92 Å². The van der Waals surface area contributed by atoms with Gasteiger partial charge in [-0.05, 0) is 28.4 Å². The number of anilines is 1. The first-order chi connectivity index (χ1) is 9.08. The molecule has 1 amide bonds. The molecule has 0 bridgehead atoms. The maximum atomic E-state index is 11.8. The smallest absolute Gasteiger partial charge is 0.251 e. The first kappa shape index (κ1) is 13.5. The monoisotopic (exact) mass is 324 g/mol. The topological polar surface area (TPSA) is 79.8 Å². The van der Waals surface area contributed by atoms with Crippen LogP contribution in [0.3, 0.4) is 0 Å². The highest BCUT2D eigenvalue weighted by Gasteiger charge is 2.07. The Balaban J connectivity index is 2.05. The minimum absolute atomic E-state index is 0.0490. The van der Waals surface area contributed by atoms with E-state index < -0.39 is 0 Å². The zero-order chi connectivity index (χ0) is 13.8. The minimum atomic E-state index is -0.297. The number of hydrogen-bond donors (Lipinski definition) is 2. The summed E-state index contributed by atoms with van der Waals surface area (Å²) in [7, 11) is 0. The third-order valence-corrected chi connectivity index (χ3v) is 3.01. The van der Waals surface area contributed by atoms with Crippen LogP contribution in [0.4, 0.5) is 5.82 Å². The van der Waals surface area contributed by atoms with Crippen molar-refractivity contribution in [1.29, 1.82) is 0 Å². The van der Waals surface area contributed by atoms with Gasteiger partial charge in [0, 0.05) is 28.5 Å². The number of rotatable bonds is 4. The minimum Gasteiger partial charge on any atom is -0.308 e. The average Bonchev–Trinajstić information content (AvgIpc) is 2.81. The van der Waals surface area contributed by atoms with Crippen LogP contribution >= 0.6 is 15.9 Å². The van der Waals surface area contributed by atoms with Gasteiger partial charge in [0.1, 0.15) is 6.54 Å². The van der Waals surface area contributed by atoms with E-state index in [9.17, 15) is 9.59 Å². The largest absolute Gasteiger partial charge is 0.308 e. The summed E-state index contributed by atoms with van der Waals surface area (Å²) in [4.78, 5) is 23.4. The average molecular weight is 325 g/mol. The molecule has 0 saturated heterocycles. The van der Waals surface area contributed by atoms with Crippen molar-refractivity contribution in [3.05, 3.63) is 44.9 Å². The fourth-order valence-corrected chi connectivity index (χ4v) is 1.95. The van der Waals surface area contributed by atoms with Gasteiger partial charge in [-0.3, -0.25) is 14.7 Å². The second-order valence-electron chi connectivity index (χ2n) is 3.99. The van der Waals surface area contributed by atoms with Crippen LogP contribution in [0.1, 0.15) is 12.6 Å². The standard InChI is InChI=1S/C12H13BrN4O2/c1-2-9-5-10(16-15-9)14-11(18)7-17-6-8(13)3-4-12(17)19/h3-6H,2,7H2,1H3,(H2,14,15,16,18). The van der Waals surface area contributed by atoms with Crippen molar-refractivity contribution in [3.8, 4) is 0 Å². The Morgan fingerprint density at radius 2 is 2.32 bits per heavy atom. The van der Waals surface area contributed by atoms with Crippen LogP contribution in [0.25, 0.3) is 0 Å². The van der Waals surface area contributed by atoms with Gasteiger partial charge in [-0.1, -0.05) is 6.92 Å². The number of aromatic amines is 1. The molecule has 0 aliphatic rings. The molecule has 100 valence electrons. The Bertz CT molecular complexity index is 647. The number of halogens is 1. The maximum Gasteiger partial charge on any atom is 0.251 e. The van der Waals surface area contributed by atoms with Crippen LogP contribution in [0.2, 0.25) is 0 Å². The van der Waals surface area contributed by atoms with Crippen molar-refractivity contribution in [2.24, 2.45) is 0 Å². The number of carbonyl (C=O) groups is 1. The van der Waals surface area contributed by atoms with Gasteiger partial charge >= 0.3 is 0 Å². The van der Waals surface area contributed by atoms with Crippen LogP contribution in [0.5, 0.6) is 0 Å². The number of carbonyl (C=O) groups excluding carboxylic acids is 1. The van der Waals surface area contributed by atoms with Gasteiger partial charge in [0.15, 0.2) is 5.82 Å². The number of aryl methyl sites for hydroxylation is 1. The van der Waals surface area contributed by atoms with E-state index in [-0.39, 0.29) is 18.0 Å². The molecular formula is C12H13BrN4O2. The second kappa shape index (κ2) is 5.83. The molecule has 6 nitrogen and oxygen atoms in total. The predicted octanol–water partition coefficient (Wildman–Crippen LogP) is 1.53. The number of H-pyrrole nitrogens is 1. The summed E-state index contributed by atoms with van der Waals surface area (Å²) < 4.78 is 2.07. The number of nitrogens with one attached hydrogen (secondary N) is 2. The zero-order valence-corrected chi connectivity index (χ0v) is 11.9. The molecule has 7 heteroatoms. The Labute approximate surface area is 118 Å². The van der Waals surface area contributed by atoms with Gasteiger partial charge in [0.25, 0.3) is 5.56 Å². The molecule has 0 atom stereocenters. The van der Waals surface area contributed by atoms with E-state index in [0.717, 1.165) is 16.6 Å². The fraction of sp³-hybridized carbons (Fsp3) is 0.250. The summed E-state index contributed by atoms with van der Waals surface area (Å²) in [6, 6.07) is 4.81. The SMILES string of the molecule is CCc1cc(NC(=O)Cn2cc(Br)ccc2=O)n[nH]1. The molecule has 2 N–H and O–H groups in total. The lowest BCUT2D eigenvalue weighted by Gasteiger charge is -2.05. The Kier molecular flexibility index (Phi) is 4.16. The normalized spacial score (nSPS) is 10.4. The molecule has 2 aromatic rings. The van der Waals surface area contributed by atoms with Gasteiger partial charge in [-0.25, -0.2) is 0 Å². The molecule has 0 spiro atoms. The number of amides is 1. The molecule has 0 fully saturated rings. The van der Waals surface area contributed by atoms with Crippen molar-refractivity contribution in [3.63, 3.8) is 0 Å². The van der Waals surface area contributed by atoms with E-state index in [0.29, 0.717) is 5.82 Å². The Morgan fingerprint density at radius 3 is 3.00 bits per heavy atom. The fourth-order valence-electron chi connectivity index (χ4n) is 1.57. The van der Waals surface area contributed by atoms with Crippen LogP contribution in [0.15, 0.2) is 33.7 Å². The highest BCUT2D eigenvalue weighted by atomic mass is 79.9. The molecule has 0 aromatic carbocycles. The summed E-state index contributed by atoms with van der Waals surface area (Å²) in [5.74, 6) is 0.166. The molecule has 0 radical (unpaired) electrons. The van der Waals surface area contributed by atoms with Gasteiger partial charge in [0.05, 0.1) is 0 Å². The van der Waals surface area contributed by atoms with Crippen molar-refractivity contribution < 1.29 is 4.79 Å².